The van der Waals surface area contributed by atoms with E-state index in [0.29, 0.717) is 12.8 Å². The minimum atomic E-state index is -0.950. The molecule has 0 aliphatic carbocycles. The van der Waals surface area contributed by atoms with Gasteiger partial charge in [-0.3, -0.25) is 9.59 Å². The Labute approximate surface area is 63.5 Å². The van der Waals surface area contributed by atoms with Gasteiger partial charge in [0.15, 0.2) is 0 Å². The highest BCUT2D eigenvalue weighted by Crippen LogP contribution is 2.41. The van der Waals surface area contributed by atoms with Crippen molar-refractivity contribution in [1.29, 1.82) is 0 Å². The van der Waals surface area contributed by atoms with Gasteiger partial charge in [0.1, 0.15) is 0 Å². The lowest BCUT2D eigenvalue weighted by atomic mass is 9.99. The molecule has 0 amide bonds. The third-order valence-electron chi connectivity index (χ3n) is 2.20. The van der Waals surface area contributed by atoms with E-state index in [4.69, 9.17) is 9.47 Å². The molecule has 2 heterocycles. The normalized spacial score (nSPS) is 41.7. The van der Waals surface area contributed by atoms with Crippen LogP contribution in [0.5, 0.6) is 0 Å². The number of esters is 2. The van der Waals surface area contributed by atoms with Crippen LogP contribution in [-0.4, -0.2) is 17.7 Å². The summed E-state index contributed by atoms with van der Waals surface area (Å²) in [5.41, 5.74) is 0. The predicted molar refractivity (Wildman–Crippen MR) is 33.3 cm³/mol. The molecule has 0 aromatic carbocycles. The van der Waals surface area contributed by atoms with E-state index >= 15 is 0 Å². The molecular weight excluding hydrogens is 148 g/mol. The maximum absolute atomic E-state index is 10.8. The third kappa shape index (κ3) is 0.818. The summed E-state index contributed by atoms with van der Waals surface area (Å²) < 4.78 is 9.72. The Bertz CT molecular complexity index is 213. The Kier molecular flexibility index (Phi) is 1.06. The van der Waals surface area contributed by atoms with Gasteiger partial charge in [-0.2, -0.15) is 0 Å². The fourth-order valence-electron chi connectivity index (χ4n) is 1.57. The summed E-state index contributed by atoms with van der Waals surface area (Å²) in [5, 5.41) is 0. The van der Waals surface area contributed by atoms with E-state index in [2.05, 4.69) is 0 Å². The summed E-state index contributed by atoms with van der Waals surface area (Å²) in [6, 6.07) is 0. The summed E-state index contributed by atoms with van der Waals surface area (Å²) in [6.07, 6.45) is 0.616. The number of carbonyl (C=O) groups is 2. The van der Waals surface area contributed by atoms with E-state index in [1.165, 1.54) is 0 Å². The number of hydrogen-bond donors (Lipinski definition) is 0. The Morgan fingerprint density at radius 2 is 1.73 bits per heavy atom. The standard InChI is InChI=1S/C7H8O4/c1-7-4(2-5(8)10-7)3-6(9)11-7/h4H,2-3H2,1H3. The molecule has 2 aliphatic rings. The van der Waals surface area contributed by atoms with Gasteiger partial charge in [-0.15, -0.1) is 0 Å². The van der Waals surface area contributed by atoms with Crippen molar-refractivity contribution < 1.29 is 19.1 Å². The molecule has 2 saturated heterocycles. The van der Waals surface area contributed by atoms with E-state index in [1.807, 2.05) is 0 Å². The first-order chi connectivity index (χ1) is 5.10. The number of fused-ring (bicyclic) bond motifs is 1. The fourth-order valence-corrected chi connectivity index (χ4v) is 1.57. The highest BCUT2D eigenvalue weighted by atomic mass is 16.7. The zero-order chi connectivity index (χ0) is 8.06. The van der Waals surface area contributed by atoms with Crippen molar-refractivity contribution in [3.8, 4) is 0 Å². The molecule has 0 spiro atoms. The molecule has 2 fully saturated rings. The molecule has 0 N–H and O–H groups in total. The third-order valence-corrected chi connectivity index (χ3v) is 2.20. The molecule has 2 aliphatic heterocycles. The molecule has 4 nitrogen and oxygen atoms in total. The molecule has 0 saturated carbocycles. The van der Waals surface area contributed by atoms with Crippen molar-refractivity contribution in [2.45, 2.75) is 25.6 Å². The molecule has 0 radical (unpaired) electrons. The van der Waals surface area contributed by atoms with Gasteiger partial charge in [-0.05, 0) is 0 Å². The minimum Gasteiger partial charge on any atom is -0.422 e. The summed E-state index contributed by atoms with van der Waals surface area (Å²) >= 11 is 0. The van der Waals surface area contributed by atoms with Gasteiger partial charge in [0.05, 0.1) is 18.8 Å². The molecule has 60 valence electrons. The van der Waals surface area contributed by atoms with E-state index in [1.54, 1.807) is 6.92 Å². The predicted octanol–water partition coefficient (Wildman–Crippen LogP) is 0.213. The van der Waals surface area contributed by atoms with E-state index in [9.17, 15) is 9.59 Å². The number of ether oxygens (including phenoxy) is 2. The molecule has 0 aromatic rings. The molecule has 0 atom stereocenters. The number of hydrogen-bond acceptors (Lipinski definition) is 4. The monoisotopic (exact) mass is 156 g/mol. The van der Waals surface area contributed by atoms with Gasteiger partial charge in [-0.25, -0.2) is 0 Å². The van der Waals surface area contributed by atoms with Crippen LogP contribution >= 0.6 is 0 Å². The van der Waals surface area contributed by atoms with Crippen LogP contribution in [0.2, 0.25) is 0 Å². The summed E-state index contributed by atoms with van der Waals surface area (Å²) in [4.78, 5) is 21.5. The average molecular weight is 156 g/mol. The Morgan fingerprint density at radius 1 is 1.27 bits per heavy atom. The van der Waals surface area contributed by atoms with E-state index < -0.39 is 5.79 Å². The highest BCUT2D eigenvalue weighted by molar-refractivity contribution is 5.79. The summed E-state index contributed by atoms with van der Waals surface area (Å²) in [5.74, 6) is -1.56. The quantitative estimate of drug-likeness (QED) is 0.470. The number of carbonyl (C=O) groups excluding carboxylic acids is 2. The van der Waals surface area contributed by atoms with Crippen molar-refractivity contribution in [3.05, 3.63) is 0 Å². The Morgan fingerprint density at radius 3 is 2.09 bits per heavy atom. The van der Waals surface area contributed by atoms with Crippen LogP contribution in [0.25, 0.3) is 0 Å². The lowest BCUT2D eigenvalue weighted by Gasteiger charge is -2.19. The van der Waals surface area contributed by atoms with Crippen LogP contribution in [0.4, 0.5) is 0 Å². The van der Waals surface area contributed by atoms with Crippen LogP contribution in [0.3, 0.4) is 0 Å². The molecule has 0 aromatic heterocycles. The van der Waals surface area contributed by atoms with Crippen molar-refractivity contribution in [2.75, 3.05) is 0 Å². The average Bonchev–Trinajstić information content (AvgIpc) is 2.16. The maximum atomic E-state index is 10.8. The van der Waals surface area contributed by atoms with Crippen LogP contribution in [0.15, 0.2) is 0 Å². The first-order valence-corrected chi connectivity index (χ1v) is 3.54. The van der Waals surface area contributed by atoms with Crippen molar-refractivity contribution in [2.24, 2.45) is 5.92 Å². The molecule has 4 heteroatoms. The van der Waals surface area contributed by atoms with Crippen LogP contribution in [0.1, 0.15) is 19.8 Å². The first kappa shape index (κ1) is 6.64. The van der Waals surface area contributed by atoms with Crippen molar-refractivity contribution in [3.63, 3.8) is 0 Å². The first-order valence-electron chi connectivity index (χ1n) is 3.54. The lowest BCUT2D eigenvalue weighted by molar-refractivity contribution is -0.198. The van der Waals surface area contributed by atoms with E-state index in [0.717, 1.165) is 0 Å². The SMILES string of the molecule is CC12OC(=O)CC1CC(=O)O2. The minimum absolute atomic E-state index is 0.0671. The number of rotatable bonds is 0. The smallest absolute Gasteiger partial charge is 0.309 e. The molecule has 0 unspecified atom stereocenters. The fraction of sp³-hybridized carbons (Fsp3) is 0.714. The molecule has 11 heavy (non-hydrogen) atoms. The van der Waals surface area contributed by atoms with Gasteiger partial charge in [0.25, 0.3) is 5.79 Å². The van der Waals surface area contributed by atoms with Crippen LogP contribution in [0, 0.1) is 5.92 Å². The van der Waals surface area contributed by atoms with Gasteiger partial charge < -0.3 is 9.47 Å². The summed E-state index contributed by atoms with van der Waals surface area (Å²) in [7, 11) is 0. The van der Waals surface area contributed by atoms with Gasteiger partial charge in [-0.1, -0.05) is 0 Å². The Balaban J connectivity index is 2.25. The lowest BCUT2D eigenvalue weighted by Crippen LogP contribution is -2.29. The van der Waals surface area contributed by atoms with Crippen molar-refractivity contribution in [1.82, 2.24) is 0 Å². The largest absolute Gasteiger partial charge is 0.422 e. The molecule has 0 bridgehead atoms. The van der Waals surface area contributed by atoms with Gasteiger partial charge in [0, 0.05) is 6.92 Å². The zero-order valence-corrected chi connectivity index (χ0v) is 6.12. The second-order valence-corrected chi connectivity index (χ2v) is 3.07. The van der Waals surface area contributed by atoms with Gasteiger partial charge >= 0.3 is 11.9 Å². The second-order valence-electron chi connectivity index (χ2n) is 3.07. The zero-order valence-electron chi connectivity index (χ0n) is 6.12. The maximum Gasteiger partial charge on any atom is 0.309 e. The van der Waals surface area contributed by atoms with Crippen LogP contribution < -0.4 is 0 Å². The Hall–Kier alpha value is -1.06. The van der Waals surface area contributed by atoms with Gasteiger partial charge in [0.2, 0.25) is 0 Å². The van der Waals surface area contributed by atoms with Crippen LogP contribution in [-0.2, 0) is 19.1 Å². The second kappa shape index (κ2) is 1.75. The topological polar surface area (TPSA) is 52.6 Å². The van der Waals surface area contributed by atoms with Crippen molar-refractivity contribution >= 4 is 11.9 Å². The molecule has 2 rings (SSSR count). The summed E-state index contributed by atoms with van der Waals surface area (Å²) in [6.45, 7) is 1.63. The molecular formula is C7H8O4. The highest BCUT2D eigenvalue weighted by Gasteiger charge is 2.54. The van der Waals surface area contributed by atoms with E-state index in [-0.39, 0.29) is 17.9 Å².